The molecule has 1 atom stereocenters. The average Bonchev–Trinajstić information content (AvgIpc) is 2.84. The molecule has 16 heavy (non-hydrogen) atoms. The van der Waals surface area contributed by atoms with Crippen molar-refractivity contribution in [2.45, 2.75) is 11.1 Å². The molecule has 84 valence electrons. The quantitative estimate of drug-likeness (QED) is 0.772. The van der Waals surface area contributed by atoms with Crippen LogP contribution < -0.4 is 5.73 Å². The van der Waals surface area contributed by atoms with Crippen LogP contribution in [0.5, 0.6) is 0 Å². The van der Waals surface area contributed by atoms with Crippen molar-refractivity contribution >= 4 is 11.8 Å². The van der Waals surface area contributed by atoms with E-state index in [4.69, 9.17) is 5.73 Å². The topological polar surface area (TPSA) is 67.6 Å². The lowest BCUT2D eigenvalue weighted by Gasteiger charge is -2.13. The van der Waals surface area contributed by atoms with E-state index in [2.05, 4.69) is 27.3 Å². The molecule has 0 spiro atoms. The number of nitrogens with one attached hydrogen (secondary N) is 1. The molecule has 0 aliphatic rings. The van der Waals surface area contributed by atoms with Crippen LogP contribution in [0.1, 0.15) is 11.5 Å². The number of thioether (sulfide) groups is 1. The Balaban J connectivity index is 1.96. The van der Waals surface area contributed by atoms with E-state index in [1.807, 2.05) is 18.2 Å². The number of aromatic nitrogens is 3. The fraction of sp³-hybridized carbons (Fsp3) is 0.273. The molecule has 0 amide bonds. The summed E-state index contributed by atoms with van der Waals surface area (Å²) in [5, 5.41) is 7.48. The first-order valence-corrected chi connectivity index (χ1v) is 6.12. The molecule has 3 N–H and O–H groups in total. The number of aromatic amines is 1. The highest BCUT2D eigenvalue weighted by Crippen LogP contribution is 2.22. The summed E-state index contributed by atoms with van der Waals surface area (Å²) in [6.07, 6.45) is 1.52. The number of H-pyrrole nitrogens is 1. The van der Waals surface area contributed by atoms with Crippen LogP contribution >= 0.6 is 11.8 Å². The maximum Gasteiger partial charge on any atom is 0.183 e. The minimum atomic E-state index is 0.358. The SMILES string of the molecule is NCC(CSc1ncn[nH]1)c1ccccc1. The number of nitrogens with two attached hydrogens (primary N) is 1. The summed E-state index contributed by atoms with van der Waals surface area (Å²) in [7, 11) is 0. The molecule has 2 rings (SSSR count). The first-order valence-electron chi connectivity index (χ1n) is 5.13. The van der Waals surface area contributed by atoms with Gasteiger partial charge in [0.25, 0.3) is 0 Å². The van der Waals surface area contributed by atoms with Crippen LogP contribution in [-0.2, 0) is 0 Å². The van der Waals surface area contributed by atoms with Gasteiger partial charge in [0.2, 0.25) is 0 Å². The molecule has 0 saturated carbocycles. The van der Waals surface area contributed by atoms with Crippen LogP contribution in [0.3, 0.4) is 0 Å². The van der Waals surface area contributed by atoms with Gasteiger partial charge < -0.3 is 5.73 Å². The van der Waals surface area contributed by atoms with E-state index in [0.717, 1.165) is 10.9 Å². The first kappa shape index (κ1) is 11.2. The zero-order valence-corrected chi connectivity index (χ0v) is 9.65. The van der Waals surface area contributed by atoms with Gasteiger partial charge in [-0.15, -0.1) is 0 Å². The Kier molecular flexibility index (Phi) is 3.96. The Labute approximate surface area is 98.7 Å². The van der Waals surface area contributed by atoms with Crippen LogP contribution in [0.4, 0.5) is 0 Å². The molecule has 0 saturated heterocycles. The fourth-order valence-corrected chi connectivity index (χ4v) is 2.40. The van der Waals surface area contributed by atoms with Crippen molar-refractivity contribution in [3.8, 4) is 0 Å². The molecule has 0 bridgehead atoms. The third-order valence-corrected chi connectivity index (χ3v) is 3.41. The van der Waals surface area contributed by atoms with Crippen molar-refractivity contribution < 1.29 is 0 Å². The highest BCUT2D eigenvalue weighted by atomic mass is 32.2. The molecule has 1 unspecified atom stereocenters. The van der Waals surface area contributed by atoms with Gasteiger partial charge in [0, 0.05) is 11.7 Å². The largest absolute Gasteiger partial charge is 0.330 e. The molecular formula is C11H14N4S. The summed E-state index contributed by atoms with van der Waals surface area (Å²) in [5.74, 6) is 1.27. The van der Waals surface area contributed by atoms with Crippen LogP contribution in [-0.4, -0.2) is 27.5 Å². The van der Waals surface area contributed by atoms with Gasteiger partial charge in [-0.05, 0) is 12.1 Å². The monoisotopic (exact) mass is 234 g/mol. The summed E-state index contributed by atoms with van der Waals surface area (Å²) >= 11 is 1.65. The van der Waals surface area contributed by atoms with E-state index in [-0.39, 0.29) is 0 Å². The van der Waals surface area contributed by atoms with Crippen LogP contribution in [0, 0.1) is 0 Å². The Bertz CT molecular complexity index is 401. The standard InChI is InChI=1S/C11H14N4S/c12-6-10(9-4-2-1-3-5-9)7-16-11-13-8-14-15-11/h1-5,8,10H,6-7,12H2,(H,13,14,15). The number of hydrogen-bond donors (Lipinski definition) is 2. The summed E-state index contributed by atoms with van der Waals surface area (Å²) in [5.41, 5.74) is 7.06. The van der Waals surface area contributed by atoms with E-state index < -0.39 is 0 Å². The van der Waals surface area contributed by atoms with Crippen molar-refractivity contribution in [1.82, 2.24) is 15.2 Å². The number of hydrogen-bond acceptors (Lipinski definition) is 4. The fourth-order valence-electron chi connectivity index (χ4n) is 1.47. The van der Waals surface area contributed by atoms with Crippen molar-refractivity contribution in [2.24, 2.45) is 5.73 Å². The second-order valence-corrected chi connectivity index (χ2v) is 4.45. The normalized spacial score (nSPS) is 12.6. The summed E-state index contributed by atoms with van der Waals surface area (Å²) < 4.78 is 0. The second kappa shape index (κ2) is 5.67. The lowest BCUT2D eigenvalue weighted by molar-refractivity contribution is 0.783. The van der Waals surface area contributed by atoms with Gasteiger partial charge in [0.05, 0.1) is 0 Å². The van der Waals surface area contributed by atoms with Crippen LogP contribution in [0.25, 0.3) is 0 Å². The molecule has 0 aliphatic heterocycles. The summed E-state index contributed by atoms with van der Waals surface area (Å²) in [4.78, 5) is 4.07. The van der Waals surface area contributed by atoms with Crippen molar-refractivity contribution in [1.29, 1.82) is 0 Å². The molecule has 4 nitrogen and oxygen atoms in total. The lowest BCUT2D eigenvalue weighted by Crippen LogP contribution is -2.14. The van der Waals surface area contributed by atoms with Crippen molar-refractivity contribution in [3.05, 3.63) is 42.2 Å². The Morgan fingerprint density at radius 2 is 2.12 bits per heavy atom. The van der Waals surface area contributed by atoms with Gasteiger partial charge in [-0.2, -0.15) is 5.10 Å². The molecule has 1 aromatic heterocycles. The van der Waals surface area contributed by atoms with Crippen LogP contribution in [0.2, 0.25) is 0 Å². The van der Waals surface area contributed by atoms with Crippen molar-refractivity contribution in [3.63, 3.8) is 0 Å². The van der Waals surface area contributed by atoms with Gasteiger partial charge >= 0.3 is 0 Å². The average molecular weight is 234 g/mol. The predicted molar refractivity (Wildman–Crippen MR) is 65.3 cm³/mol. The number of benzene rings is 1. The van der Waals surface area contributed by atoms with E-state index in [1.54, 1.807) is 11.8 Å². The smallest absolute Gasteiger partial charge is 0.183 e. The maximum absolute atomic E-state index is 5.78. The molecule has 1 aromatic carbocycles. The minimum absolute atomic E-state index is 0.358. The predicted octanol–water partition coefficient (Wildman–Crippen LogP) is 1.64. The molecule has 5 heteroatoms. The van der Waals surface area contributed by atoms with Gasteiger partial charge in [-0.3, -0.25) is 5.10 Å². The third-order valence-electron chi connectivity index (χ3n) is 2.37. The minimum Gasteiger partial charge on any atom is -0.330 e. The highest BCUT2D eigenvalue weighted by molar-refractivity contribution is 7.99. The van der Waals surface area contributed by atoms with Gasteiger partial charge in [-0.25, -0.2) is 4.98 Å². The maximum atomic E-state index is 5.78. The summed E-state index contributed by atoms with van der Waals surface area (Å²) in [6, 6.07) is 10.3. The van der Waals surface area contributed by atoms with Gasteiger partial charge in [0.15, 0.2) is 5.16 Å². The van der Waals surface area contributed by atoms with E-state index in [0.29, 0.717) is 12.5 Å². The number of rotatable bonds is 5. The number of nitrogens with zero attached hydrogens (tertiary/aromatic N) is 2. The lowest BCUT2D eigenvalue weighted by atomic mass is 10.0. The second-order valence-electron chi connectivity index (χ2n) is 3.44. The molecular weight excluding hydrogens is 220 g/mol. The Morgan fingerprint density at radius 3 is 2.75 bits per heavy atom. The molecule has 0 radical (unpaired) electrons. The van der Waals surface area contributed by atoms with Gasteiger partial charge in [-0.1, -0.05) is 42.1 Å². The highest BCUT2D eigenvalue weighted by Gasteiger charge is 2.10. The molecule has 2 aromatic rings. The first-order chi connectivity index (χ1) is 7.90. The third kappa shape index (κ3) is 2.84. The molecule has 0 fully saturated rings. The zero-order valence-electron chi connectivity index (χ0n) is 8.84. The van der Waals surface area contributed by atoms with E-state index in [9.17, 15) is 0 Å². The van der Waals surface area contributed by atoms with Crippen molar-refractivity contribution in [2.75, 3.05) is 12.3 Å². The van der Waals surface area contributed by atoms with Crippen LogP contribution in [0.15, 0.2) is 41.8 Å². The van der Waals surface area contributed by atoms with E-state index in [1.165, 1.54) is 11.9 Å². The molecule has 1 heterocycles. The Morgan fingerprint density at radius 1 is 1.31 bits per heavy atom. The van der Waals surface area contributed by atoms with Gasteiger partial charge in [0.1, 0.15) is 6.33 Å². The molecule has 0 aliphatic carbocycles. The summed E-state index contributed by atoms with van der Waals surface area (Å²) in [6.45, 7) is 0.644. The zero-order chi connectivity index (χ0) is 11.2. The Hall–Kier alpha value is -1.33. The van der Waals surface area contributed by atoms with E-state index >= 15 is 0 Å².